The van der Waals surface area contributed by atoms with Crippen molar-refractivity contribution in [3.05, 3.63) is 29.3 Å². The van der Waals surface area contributed by atoms with Gasteiger partial charge in [-0.05, 0) is 44.2 Å². The second-order valence-corrected chi connectivity index (χ2v) is 5.18. The lowest BCUT2D eigenvalue weighted by molar-refractivity contribution is 0.207. The molecule has 0 bridgehead atoms. The van der Waals surface area contributed by atoms with Crippen molar-refractivity contribution in [3.63, 3.8) is 0 Å². The fraction of sp³-hybridized carbons (Fsp3) is 0.600. The van der Waals surface area contributed by atoms with E-state index in [9.17, 15) is 5.11 Å². The molecule has 2 rings (SSSR count). The van der Waals surface area contributed by atoms with Crippen LogP contribution >= 0.6 is 0 Å². The first kappa shape index (κ1) is 13.4. The van der Waals surface area contributed by atoms with Gasteiger partial charge in [0, 0.05) is 12.1 Å². The molecule has 0 radical (unpaired) electrons. The molecule has 1 saturated carbocycles. The first-order chi connectivity index (χ1) is 8.70. The van der Waals surface area contributed by atoms with E-state index in [0.717, 1.165) is 12.2 Å². The molecule has 0 aliphatic heterocycles. The monoisotopic (exact) mass is 249 g/mol. The highest BCUT2D eigenvalue weighted by atomic mass is 16.5. The maximum atomic E-state index is 9.29. The van der Waals surface area contributed by atoms with Crippen LogP contribution in [0.1, 0.15) is 30.4 Å². The van der Waals surface area contributed by atoms with Crippen LogP contribution in [-0.4, -0.2) is 30.4 Å². The maximum absolute atomic E-state index is 9.29. The number of nitrogens with one attached hydrogen (secondary N) is 1. The molecule has 0 heterocycles. The number of hydrogen-bond donors (Lipinski definition) is 2. The molecule has 1 unspecified atom stereocenters. The number of aliphatic hydroxyl groups excluding tert-OH is 1. The summed E-state index contributed by atoms with van der Waals surface area (Å²) in [7, 11) is 0. The van der Waals surface area contributed by atoms with Crippen LogP contribution in [0.4, 0.5) is 0 Å². The first-order valence-electron chi connectivity index (χ1n) is 6.76. The average Bonchev–Trinajstić information content (AvgIpc) is 3.15. The van der Waals surface area contributed by atoms with Crippen molar-refractivity contribution < 1.29 is 9.84 Å². The molecule has 1 aliphatic carbocycles. The molecule has 3 heteroatoms. The van der Waals surface area contributed by atoms with Crippen molar-refractivity contribution >= 4 is 0 Å². The van der Waals surface area contributed by atoms with Gasteiger partial charge in [-0.3, -0.25) is 0 Å². The van der Waals surface area contributed by atoms with Crippen LogP contribution in [-0.2, 0) is 0 Å². The van der Waals surface area contributed by atoms with Crippen molar-refractivity contribution in [1.29, 1.82) is 0 Å². The Morgan fingerprint density at radius 1 is 1.33 bits per heavy atom. The van der Waals surface area contributed by atoms with Gasteiger partial charge in [0.25, 0.3) is 0 Å². The van der Waals surface area contributed by atoms with Gasteiger partial charge < -0.3 is 15.2 Å². The molecule has 1 aromatic rings. The van der Waals surface area contributed by atoms with Gasteiger partial charge >= 0.3 is 0 Å². The van der Waals surface area contributed by atoms with Crippen molar-refractivity contribution in [2.45, 2.75) is 45.2 Å². The molecule has 3 nitrogen and oxygen atoms in total. The molecule has 2 N–H and O–H groups in total. The molecule has 1 atom stereocenters. The lowest BCUT2D eigenvalue weighted by Crippen LogP contribution is -2.35. The van der Waals surface area contributed by atoms with Crippen LogP contribution < -0.4 is 10.1 Å². The summed E-state index contributed by atoms with van der Waals surface area (Å²) in [5.74, 6) is 0.987. The first-order valence-corrected chi connectivity index (χ1v) is 6.76. The number of aryl methyl sites for hydroxylation is 2. The number of ether oxygens (including phenoxy) is 1. The normalized spacial score (nSPS) is 16.6. The quantitative estimate of drug-likeness (QED) is 0.778. The largest absolute Gasteiger partial charge is 0.493 e. The molecule has 18 heavy (non-hydrogen) atoms. The predicted octanol–water partition coefficient (Wildman–Crippen LogP) is 2.19. The summed E-state index contributed by atoms with van der Waals surface area (Å²) in [5.41, 5.74) is 2.34. The fourth-order valence-corrected chi connectivity index (χ4v) is 2.14. The molecule has 0 saturated heterocycles. The SMILES string of the molecule is Cc1cccc(C)c1OCCC(CO)NC1CC1. The summed E-state index contributed by atoms with van der Waals surface area (Å²) < 4.78 is 5.85. The van der Waals surface area contributed by atoms with Crippen LogP contribution in [0.3, 0.4) is 0 Å². The zero-order valence-corrected chi connectivity index (χ0v) is 11.3. The van der Waals surface area contributed by atoms with Gasteiger partial charge in [-0.25, -0.2) is 0 Å². The van der Waals surface area contributed by atoms with Crippen LogP contribution in [0.2, 0.25) is 0 Å². The molecule has 1 aliphatic rings. The van der Waals surface area contributed by atoms with Gasteiger partial charge in [0.1, 0.15) is 5.75 Å². The van der Waals surface area contributed by atoms with Gasteiger partial charge in [0.15, 0.2) is 0 Å². The molecule has 0 spiro atoms. The summed E-state index contributed by atoms with van der Waals surface area (Å²) in [5, 5.41) is 12.7. The summed E-state index contributed by atoms with van der Waals surface area (Å²) in [6, 6.07) is 6.97. The van der Waals surface area contributed by atoms with E-state index >= 15 is 0 Å². The standard InChI is InChI=1S/C15H23NO2/c1-11-4-3-5-12(2)15(11)18-9-8-14(10-17)16-13-6-7-13/h3-5,13-14,16-17H,6-10H2,1-2H3. The van der Waals surface area contributed by atoms with Crippen molar-refractivity contribution in [2.24, 2.45) is 0 Å². The molecule has 0 amide bonds. The van der Waals surface area contributed by atoms with Gasteiger partial charge in [-0.15, -0.1) is 0 Å². The maximum Gasteiger partial charge on any atom is 0.125 e. The van der Waals surface area contributed by atoms with Gasteiger partial charge in [0.2, 0.25) is 0 Å². The van der Waals surface area contributed by atoms with Crippen LogP contribution in [0, 0.1) is 13.8 Å². The highest BCUT2D eigenvalue weighted by Gasteiger charge is 2.24. The summed E-state index contributed by atoms with van der Waals surface area (Å²) in [6.45, 7) is 4.96. The molecular formula is C15H23NO2. The van der Waals surface area contributed by atoms with Crippen molar-refractivity contribution in [2.75, 3.05) is 13.2 Å². The Morgan fingerprint density at radius 2 is 2.00 bits per heavy atom. The minimum atomic E-state index is 0.168. The summed E-state index contributed by atoms with van der Waals surface area (Å²) >= 11 is 0. The Labute approximate surface area is 109 Å². The van der Waals surface area contributed by atoms with Gasteiger partial charge in [-0.2, -0.15) is 0 Å². The number of aliphatic hydroxyl groups is 1. The third kappa shape index (κ3) is 3.72. The third-order valence-electron chi connectivity index (χ3n) is 3.39. The van der Waals surface area contributed by atoms with E-state index in [1.807, 2.05) is 6.07 Å². The lowest BCUT2D eigenvalue weighted by atomic mass is 10.1. The van der Waals surface area contributed by atoms with E-state index < -0.39 is 0 Å². The Hall–Kier alpha value is -1.06. The zero-order chi connectivity index (χ0) is 13.0. The molecular weight excluding hydrogens is 226 g/mol. The highest BCUT2D eigenvalue weighted by molar-refractivity contribution is 5.39. The van der Waals surface area contributed by atoms with E-state index in [0.29, 0.717) is 12.6 Å². The second kappa shape index (κ2) is 6.21. The average molecular weight is 249 g/mol. The number of para-hydroxylation sites is 1. The molecule has 0 aromatic heterocycles. The molecule has 1 fully saturated rings. The fourth-order valence-electron chi connectivity index (χ4n) is 2.14. The van der Waals surface area contributed by atoms with Gasteiger partial charge in [-0.1, -0.05) is 18.2 Å². The lowest BCUT2D eigenvalue weighted by Gasteiger charge is -2.17. The van der Waals surface area contributed by atoms with Crippen LogP contribution in [0.15, 0.2) is 18.2 Å². The van der Waals surface area contributed by atoms with Crippen LogP contribution in [0.5, 0.6) is 5.75 Å². The highest BCUT2D eigenvalue weighted by Crippen LogP contribution is 2.23. The topological polar surface area (TPSA) is 41.5 Å². The predicted molar refractivity (Wildman–Crippen MR) is 73.1 cm³/mol. The minimum absolute atomic E-state index is 0.168. The smallest absolute Gasteiger partial charge is 0.125 e. The van der Waals surface area contributed by atoms with E-state index in [-0.39, 0.29) is 12.6 Å². The van der Waals surface area contributed by atoms with E-state index in [2.05, 4.69) is 31.3 Å². The zero-order valence-electron chi connectivity index (χ0n) is 11.3. The van der Waals surface area contributed by atoms with E-state index in [4.69, 9.17) is 4.74 Å². The Balaban J connectivity index is 1.79. The minimum Gasteiger partial charge on any atom is -0.493 e. The van der Waals surface area contributed by atoms with Crippen LogP contribution in [0.25, 0.3) is 0 Å². The van der Waals surface area contributed by atoms with E-state index in [1.54, 1.807) is 0 Å². The third-order valence-corrected chi connectivity index (χ3v) is 3.39. The van der Waals surface area contributed by atoms with E-state index in [1.165, 1.54) is 24.0 Å². The van der Waals surface area contributed by atoms with Crippen molar-refractivity contribution in [1.82, 2.24) is 5.32 Å². The van der Waals surface area contributed by atoms with Crippen molar-refractivity contribution in [3.8, 4) is 5.75 Å². The molecule has 1 aromatic carbocycles. The summed E-state index contributed by atoms with van der Waals surface area (Å²) in [6.07, 6.45) is 3.34. The molecule has 100 valence electrons. The Kier molecular flexibility index (Phi) is 4.61. The Morgan fingerprint density at radius 3 is 2.56 bits per heavy atom. The number of hydrogen-bond acceptors (Lipinski definition) is 3. The Bertz CT molecular complexity index is 368. The van der Waals surface area contributed by atoms with Gasteiger partial charge in [0.05, 0.1) is 13.2 Å². The summed E-state index contributed by atoms with van der Waals surface area (Å²) in [4.78, 5) is 0. The number of benzene rings is 1. The number of rotatable bonds is 7. The second-order valence-electron chi connectivity index (χ2n) is 5.18.